The molecule has 1 aromatic heterocycles. The fraction of sp³-hybridized carbons (Fsp3) is 0.267. The smallest absolute Gasteiger partial charge is 0.360 e. The van der Waals surface area contributed by atoms with Crippen LogP contribution in [0.4, 0.5) is 4.39 Å². The summed E-state index contributed by atoms with van der Waals surface area (Å²) in [5.74, 6) is -1.48. The van der Waals surface area contributed by atoms with E-state index < -0.39 is 18.0 Å². The molecule has 0 spiro atoms. The number of esters is 1. The van der Waals surface area contributed by atoms with Crippen LogP contribution in [-0.2, 0) is 14.4 Å². The number of amides is 1. The highest BCUT2D eigenvalue weighted by Crippen LogP contribution is 2.20. The maximum absolute atomic E-state index is 14.4. The summed E-state index contributed by atoms with van der Waals surface area (Å²) in [6.07, 6.45) is 1.04. The van der Waals surface area contributed by atoms with E-state index in [1.807, 2.05) is 0 Å². The average Bonchev–Trinajstić information content (AvgIpc) is 3.23. The Balaban J connectivity index is 1.79. The Hall–Kier alpha value is -3.30. The Morgan fingerprint density at radius 3 is 2.92 bits per heavy atom. The minimum Gasteiger partial charge on any atom is -0.464 e. The minimum atomic E-state index is -0.662. The van der Waals surface area contributed by atoms with Crippen LogP contribution in [0.3, 0.4) is 0 Å². The Labute approximate surface area is 141 Å². The number of aromatic nitrogens is 3. The van der Waals surface area contributed by atoms with Gasteiger partial charge in [0.05, 0.1) is 25.4 Å². The molecule has 2 heterocycles. The van der Waals surface area contributed by atoms with E-state index in [-0.39, 0.29) is 17.3 Å². The highest BCUT2D eigenvalue weighted by Gasteiger charge is 2.23. The van der Waals surface area contributed by atoms with Gasteiger partial charge < -0.3 is 14.9 Å². The molecule has 3 rings (SSSR count). The first kappa shape index (κ1) is 16.6. The number of benzene rings is 1. The lowest BCUT2D eigenvalue weighted by molar-refractivity contribution is -0.122. The van der Waals surface area contributed by atoms with Crippen molar-refractivity contribution in [1.82, 2.24) is 20.3 Å². The van der Waals surface area contributed by atoms with Crippen LogP contribution in [0.1, 0.15) is 29.4 Å². The van der Waals surface area contributed by atoms with Gasteiger partial charge in [-0.15, -0.1) is 5.10 Å². The van der Waals surface area contributed by atoms with Crippen LogP contribution in [0.15, 0.2) is 29.6 Å². The maximum atomic E-state index is 14.4. The molecule has 9 nitrogen and oxygen atoms in total. The van der Waals surface area contributed by atoms with Crippen molar-refractivity contribution in [2.75, 3.05) is 7.11 Å². The van der Waals surface area contributed by atoms with Crippen LogP contribution in [0.5, 0.6) is 0 Å². The zero-order chi connectivity index (χ0) is 18.0. The first-order valence-electron chi connectivity index (χ1n) is 7.28. The molecule has 1 aliphatic rings. The van der Waals surface area contributed by atoms with Crippen LogP contribution >= 0.6 is 0 Å². The molecule has 25 heavy (non-hydrogen) atoms. The van der Waals surface area contributed by atoms with E-state index in [4.69, 9.17) is 4.84 Å². The number of methoxy groups -OCH3 is 1. The fourth-order valence-electron chi connectivity index (χ4n) is 2.30. The van der Waals surface area contributed by atoms with E-state index in [1.54, 1.807) is 6.07 Å². The topological polar surface area (TPSA) is 108 Å². The lowest BCUT2D eigenvalue weighted by Gasteiger charge is -2.08. The molecular formula is C15H14FN5O4. The number of halogens is 1. The number of rotatable bonds is 4. The van der Waals surface area contributed by atoms with Gasteiger partial charge in [0.15, 0.2) is 5.69 Å². The van der Waals surface area contributed by atoms with Crippen molar-refractivity contribution >= 4 is 17.6 Å². The Morgan fingerprint density at radius 2 is 2.24 bits per heavy atom. The zero-order valence-electron chi connectivity index (χ0n) is 13.4. The molecule has 0 aliphatic carbocycles. The average molecular weight is 347 g/mol. The summed E-state index contributed by atoms with van der Waals surface area (Å²) < 4.78 is 20.1. The van der Waals surface area contributed by atoms with Gasteiger partial charge in [-0.25, -0.2) is 13.9 Å². The molecule has 10 heteroatoms. The number of hydrogen-bond donors (Lipinski definition) is 1. The number of nitrogens with zero attached hydrogens (tertiary/aromatic N) is 4. The van der Waals surface area contributed by atoms with Crippen LogP contribution in [0.25, 0.3) is 5.69 Å². The monoisotopic (exact) mass is 347 g/mol. The van der Waals surface area contributed by atoms with E-state index in [2.05, 4.69) is 25.5 Å². The number of oxime groups is 1. The van der Waals surface area contributed by atoms with E-state index in [9.17, 15) is 14.0 Å². The second-order valence-corrected chi connectivity index (χ2v) is 5.24. The van der Waals surface area contributed by atoms with E-state index in [0.717, 1.165) is 4.68 Å². The third kappa shape index (κ3) is 3.47. The van der Waals surface area contributed by atoms with Crippen molar-refractivity contribution in [1.29, 1.82) is 0 Å². The molecule has 0 saturated heterocycles. The van der Waals surface area contributed by atoms with E-state index in [1.165, 1.54) is 32.4 Å². The lowest BCUT2D eigenvalue weighted by atomic mass is 10.1. The maximum Gasteiger partial charge on any atom is 0.360 e. The Kier molecular flexibility index (Phi) is 4.42. The van der Waals surface area contributed by atoms with Gasteiger partial charge in [-0.2, -0.15) is 0 Å². The normalized spacial score (nSPS) is 16.1. The summed E-state index contributed by atoms with van der Waals surface area (Å²) in [5.41, 5.74) is 1.11. The minimum absolute atomic E-state index is 0.0299. The lowest BCUT2D eigenvalue weighted by Crippen LogP contribution is -2.32. The van der Waals surface area contributed by atoms with Gasteiger partial charge in [0.2, 0.25) is 12.1 Å². The highest BCUT2D eigenvalue weighted by atomic mass is 19.1. The third-order valence-corrected chi connectivity index (χ3v) is 3.45. The number of nitrogens with one attached hydrogen (secondary N) is 1. The molecule has 1 aliphatic heterocycles. The van der Waals surface area contributed by atoms with Gasteiger partial charge in [0.1, 0.15) is 11.5 Å². The molecule has 1 unspecified atom stereocenters. The number of carbonyl (C=O) groups excluding carboxylic acids is 2. The SMILES string of the molecule is COC(=O)c1cn(-c2ccc(C3=NOC(NC(C)=O)C3)cc2F)nn1. The number of carbonyl (C=O) groups is 2. The van der Waals surface area contributed by atoms with Gasteiger partial charge >= 0.3 is 5.97 Å². The standard InChI is InChI=1S/C15H14FN5O4/c1-8(22)17-14-6-11(19-25-14)9-3-4-13(10(16)5-9)21-7-12(18-20-21)15(23)24-2/h3-5,7,14H,6H2,1-2H3,(H,17,22). The van der Waals surface area contributed by atoms with Crippen molar-refractivity contribution in [3.05, 3.63) is 41.5 Å². The summed E-state index contributed by atoms with van der Waals surface area (Å²) in [6.45, 7) is 1.37. The molecule has 130 valence electrons. The van der Waals surface area contributed by atoms with Crippen molar-refractivity contribution in [3.63, 3.8) is 0 Å². The molecular weight excluding hydrogens is 333 g/mol. The molecule has 2 aromatic rings. The summed E-state index contributed by atoms with van der Waals surface area (Å²) in [7, 11) is 1.22. The molecule has 0 saturated carbocycles. The van der Waals surface area contributed by atoms with Gasteiger partial charge in [0, 0.05) is 12.5 Å². The third-order valence-electron chi connectivity index (χ3n) is 3.45. The van der Waals surface area contributed by atoms with E-state index >= 15 is 0 Å². The number of hydrogen-bond acceptors (Lipinski definition) is 7. The van der Waals surface area contributed by atoms with Gasteiger partial charge in [-0.3, -0.25) is 4.79 Å². The van der Waals surface area contributed by atoms with Crippen molar-refractivity contribution in [2.24, 2.45) is 5.16 Å². The van der Waals surface area contributed by atoms with E-state index in [0.29, 0.717) is 17.7 Å². The second-order valence-electron chi connectivity index (χ2n) is 5.24. The molecule has 1 N–H and O–H groups in total. The summed E-state index contributed by atoms with van der Waals surface area (Å²) in [6, 6.07) is 4.39. The predicted molar refractivity (Wildman–Crippen MR) is 82.5 cm³/mol. The fourth-order valence-corrected chi connectivity index (χ4v) is 2.30. The first-order valence-corrected chi connectivity index (χ1v) is 7.28. The predicted octanol–water partition coefficient (Wildman–Crippen LogP) is 0.780. The molecule has 0 bridgehead atoms. The van der Waals surface area contributed by atoms with Crippen LogP contribution in [0.2, 0.25) is 0 Å². The molecule has 1 atom stereocenters. The molecule has 0 radical (unpaired) electrons. The van der Waals surface area contributed by atoms with Crippen LogP contribution in [0, 0.1) is 5.82 Å². The van der Waals surface area contributed by atoms with Crippen LogP contribution in [-0.4, -0.2) is 45.9 Å². The largest absolute Gasteiger partial charge is 0.464 e. The first-order chi connectivity index (χ1) is 12.0. The van der Waals surface area contributed by atoms with Gasteiger partial charge in [-0.1, -0.05) is 16.4 Å². The zero-order valence-corrected chi connectivity index (χ0v) is 13.4. The molecule has 1 amide bonds. The van der Waals surface area contributed by atoms with Crippen LogP contribution < -0.4 is 5.32 Å². The highest BCUT2D eigenvalue weighted by molar-refractivity contribution is 6.01. The van der Waals surface area contributed by atoms with Gasteiger partial charge in [0.25, 0.3) is 0 Å². The molecule has 1 aromatic carbocycles. The molecule has 0 fully saturated rings. The van der Waals surface area contributed by atoms with Gasteiger partial charge in [-0.05, 0) is 12.1 Å². The summed E-state index contributed by atoms with van der Waals surface area (Å²) in [5, 5.41) is 13.8. The Bertz CT molecular complexity index is 863. The van der Waals surface area contributed by atoms with Crippen molar-refractivity contribution in [2.45, 2.75) is 19.6 Å². The summed E-state index contributed by atoms with van der Waals surface area (Å²) in [4.78, 5) is 27.5. The summed E-state index contributed by atoms with van der Waals surface area (Å²) >= 11 is 0. The van der Waals surface area contributed by atoms with Crippen molar-refractivity contribution < 1.29 is 23.6 Å². The quantitative estimate of drug-likeness (QED) is 0.819. The van der Waals surface area contributed by atoms with Crippen molar-refractivity contribution in [3.8, 4) is 5.69 Å². The number of ether oxygens (including phenoxy) is 1. The second kappa shape index (κ2) is 6.67. The Morgan fingerprint density at radius 1 is 1.44 bits per heavy atom.